The van der Waals surface area contributed by atoms with E-state index in [1.807, 2.05) is 0 Å². The highest BCUT2D eigenvalue weighted by atomic mass is 16.3. The van der Waals surface area contributed by atoms with E-state index in [0.717, 1.165) is 0 Å². The molecule has 3 aromatic heterocycles. The lowest BCUT2D eigenvalue weighted by Gasteiger charge is -2.10. The molecule has 3 aromatic rings. The summed E-state index contributed by atoms with van der Waals surface area (Å²) in [7, 11) is 0. The predicted octanol–water partition coefficient (Wildman–Crippen LogP) is 2.01. The normalized spacial score (nSPS) is 10.4. The Labute approximate surface area is 143 Å². The van der Waals surface area contributed by atoms with E-state index >= 15 is 0 Å². The minimum atomic E-state index is -0.293. The molecule has 2 amide bonds. The Balaban J connectivity index is 1.48. The van der Waals surface area contributed by atoms with Gasteiger partial charge in [0.2, 0.25) is 5.91 Å². The molecule has 0 fully saturated rings. The van der Waals surface area contributed by atoms with E-state index in [9.17, 15) is 9.59 Å². The van der Waals surface area contributed by atoms with E-state index in [1.165, 1.54) is 6.26 Å². The van der Waals surface area contributed by atoms with Crippen LogP contribution in [-0.2, 0) is 4.79 Å². The molecule has 0 aromatic carbocycles. The van der Waals surface area contributed by atoms with Crippen LogP contribution >= 0.6 is 0 Å². The molecular weight excluding hydrogens is 322 g/mol. The molecule has 2 N–H and O–H groups in total. The van der Waals surface area contributed by atoms with Crippen molar-refractivity contribution in [2.45, 2.75) is 12.8 Å². The molecule has 0 aliphatic carbocycles. The van der Waals surface area contributed by atoms with Gasteiger partial charge in [0.05, 0.1) is 12.0 Å². The average molecular weight is 339 g/mol. The van der Waals surface area contributed by atoms with Crippen molar-refractivity contribution >= 4 is 17.5 Å². The molecule has 0 saturated heterocycles. The summed E-state index contributed by atoms with van der Waals surface area (Å²) in [5.74, 6) is 0.350. The van der Waals surface area contributed by atoms with Gasteiger partial charge in [0, 0.05) is 31.6 Å². The van der Waals surface area contributed by atoms with Crippen LogP contribution in [0, 0.1) is 0 Å². The van der Waals surface area contributed by atoms with Crippen molar-refractivity contribution in [3.8, 4) is 5.82 Å². The van der Waals surface area contributed by atoms with E-state index < -0.39 is 0 Å². The SMILES string of the molecule is O=C(CCCNC(=O)c1ccco1)Nc1cccnc1-n1cccn1. The minimum Gasteiger partial charge on any atom is -0.459 e. The van der Waals surface area contributed by atoms with Gasteiger partial charge in [-0.2, -0.15) is 5.10 Å². The van der Waals surface area contributed by atoms with E-state index in [-0.39, 0.29) is 24.0 Å². The van der Waals surface area contributed by atoms with Crippen LogP contribution in [0.5, 0.6) is 0 Å². The largest absolute Gasteiger partial charge is 0.459 e. The van der Waals surface area contributed by atoms with E-state index in [2.05, 4.69) is 20.7 Å². The van der Waals surface area contributed by atoms with Crippen LogP contribution in [0.15, 0.2) is 59.6 Å². The third-order valence-electron chi connectivity index (χ3n) is 3.39. The molecular formula is C17H17N5O3. The minimum absolute atomic E-state index is 0.159. The van der Waals surface area contributed by atoms with E-state index in [1.54, 1.807) is 53.6 Å². The maximum absolute atomic E-state index is 12.1. The molecule has 0 radical (unpaired) electrons. The van der Waals surface area contributed by atoms with Crippen LogP contribution in [0.4, 0.5) is 5.69 Å². The number of nitrogens with one attached hydrogen (secondary N) is 2. The number of carbonyl (C=O) groups excluding carboxylic acids is 2. The van der Waals surface area contributed by atoms with Gasteiger partial charge in [-0.15, -0.1) is 0 Å². The Hall–Kier alpha value is -3.42. The number of anilines is 1. The van der Waals surface area contributed by atoms with Gasteiger partial charge in [-0.05, 0) is 36.8 Å². The molecule has 0 bridgehead atoms. The van der Waals surface area contributed by atoms with Crippen molar-refractivity contribution in [3.63, 3.8) is 0 Å². The maximum Gasteiger partial charge on any atom is 0.286 e. The number of hydrogen-bond acceptors (Lipinski definition) is 5. The summed E-state index contributed by atoms with van der Waals surface area (Å²) in [6.07, 6.45) is 7.25. The van der Waals surface area contributed by atoms with E-state index in [0.29, 0.717) is 24.5 Å². The summed E-state index contributed by atoms with van der Waals surface area (Å²) in [5, 5.41) is 9.64. The van der Waals surface area contributed by atoms with Crippen LogP contribution < -0.4 is 10.6 Å². The van der Waals surface area contributed by atoms with Crippen molar-refractivity contribution in [2.24, 2.45) is 0 Å². The predicted molar refractivity (Wildman–Crippen MR) is 90.3 cm³/mol. The topological polar surface area (TPSA) is 102 Å². The second-order valence-corrected chi connectivity index (χ2v) is 5.21. The number of pyridine rings is 1. The second-order valence-electron chi connectivity index (χ2n) is 5.21. The van der Waals surface area contributed by atoms with E-state index in [4.69, 9.17) is 4.42 Å². The highest BCUT2D eigenvalue weighted by molar-refractivity contribution is 5.93. The molecule has 25 heavy (non-hydrogen) atoms. The molecule has 0 unspecified atom stereocenters. The molecule has 0 atom stereocenters. The Kier molecular flexibility index (Phi) is 5.20. The van der Waals surface area contributed by atoms with Crippen molar-refractivity contribution in [2.75, 3.05) is 11.9 Å². The van der Waals surface area contributed by atoms with Gasteiger partial charge in [0.15, 0.2) is 11.6 Å². The van der Waals surface area contributed by atoms with Gasteiger partial charge in [-0.3, -0.25) is 9.59 Å². The van der Waals surface area contributed by atoms with Gasteiger partial charge in [0.25, 0.3) is 5.91 Å². The van der Waals surface area contributed by atoms with Crippen LogP contribution in [-0.4, -0.2) is 33.1 Å². The zero-order chi connectivity index (χ0) is 17.5. The molecule has 8 nitrogen and oxygen atoms in total. The molecule has 0 aliphatic heterocycles. The summed E-state index contributed by atoms with van der Waals surface area (Å²) in [4.78, 5) is 28.0. The van der Waals surface area contributed by atoms with Gasteiger partial charge in [-0.1, -0.05) is 0 Å². The fourth-order valence-electron chi connectivity index (χ4n) is 2.23. The number of furan rings is 1. The summed E-state index contributed by atoms with van der Waals surface area (Å²) in [6, 6.07) is 8.52. The highest BCUT2D eigenvalue weighted by Gasteiger charge is 2.10. The van der Waals surface area contributed by atoms with Crippen LogP contribution in [0.25, 0.3) is 5.82 Å². The zero-order valence-electron chi connectivity index (χ0n) is 13.4. The van der Waals surface area contributed by atoms with Gasteiger partial charge in [0.1, 0.15) is 0 Å². The standard InChI is InChI=1S/C17H17N5O3/c23-15(7-2-9-19-17(24)14-6-3-12-25-14)21-13-5-1-8-18-16(13)22-11-4-10-20-22/h1,3-6,8,10-12H,2,7,9H2,(H,19,24)(H,21,23). The first-order valence-corrected chi connectivity index (χ1v) is 7.80. The lowest BCUT2D eigenvalue weighted by atomic mass is 10.2. The number of nitrogens with zero attached hydrogens (tertiary/aromatic N) is 3. The molecule has 128 valence electrons. The first-order valence-electron chi connectivity index (χ1n) is 7.80. The number of amides is 2. The molecule has 3 heterocycles. The fraction of sp³-hybridized carbons (Fsp3) is 0.176. The lowest BCUT2D eigenvalue weighted by molar-refractivity contribution is -0.116. The molecule has 0 spiro atoms. The van der Waals surface area contributed by atoms with Gasteiger partial charge < -0.3 is 15.1 Å². The van der Waals surface area contributed by atoms with Gasteiger partial charge in [-0.25, -0.2) is 9.67 Å². The number of carbonyl (C=O) groups is 2. The quantitative estimate of drug-likeness (QED) is 0.641. The third-order valence-corrected chi connectivity index (χ3v) is 3.39. The number of aromatic nitrogens is 3. The first-order chi connectivity index (χ1) is 12.2. The van der Waals surface area contributed by atoms with Crippen molar-refractivity contribution in [3.05, 3.63) is 60.9 Å². The fourth-order valence-corrected chi connectivity index (χ4v) is 2.23. The average Bonchev–Trinajstić information content (AvgIpc) is 3.32. The Morgan fingerprint density at radius 1 is 1.16 bits per heavy atom. The van der Waals surface area contributed by atoms with Crippen molar-refractivity contribution in [1.29, 1.82) is 0 Å². The third kappa shape index (κ3) is 4.31. The first kappa shape index (κ1) is 16.4. The van der Waals surface area contributed by atoms with Gasteiger partial charge >= 0.3 is 0 Å². The summed E-state index contributed by atoms with van der Waals surface area (Å²) in [5.41, 5.74) is 0.579. The lowest BCUT2D eigenvalue weighted by Crippen LogP contribution is -2.25. The van der Waals surface area contributed by atoms with Crippen LogP contribution in [0.2, 0.25) is 0 Å². The maximum atomic E-state index is 12.1. The number of rotatable bonds is 7. The molecule has 8 heteroatoms. The molecule has 3 rings (SSSR count). The number of hydrogen-bond donors (Lipinski definition) is 2. The van der Waals surface area contributed by atoms with Crippen LogP contribution in [0.3, 0.4) is 0 Å². The summed E-state index contributed by atoms with van der Waals surface area (Å²) >= 11 is 0. The Morgan fingerprint density at radius 2 is 2.08 bits per heavy atom. The molecule has 0 aliphatic rings. The Morgan fingerprint density at radius 3 is 2.84 bits per heavy atom. The highest BCUT2D eigenvalue weighted by Crippen LogP contribution is 2.16. The molecule has 0 saturated carbocycles. The zero-order valence-corrected chi connectivity index (χ0v) is 13.4. The summed E-state index contributed by atoms with van der Waals surface area (Å²) < 4.78 is 6.58. The monoisotopic (exact) mass is 339 g/mol. The summed E-state index contributed by atoms with van der Waals surface area (Å²) in [6.45, 7) is 0.381. The van der Waals surface area contributed by atoms with Crippen LogP contribution in [0.1, 0.15) is 23.4 Å². The van der Waals surface area contributed by atoms with Crippen molar-refractivity contribution < 1.29 is 14.0 Å². The second kappa shape index (κ2) is 7.91. The van der Waals surface area contributed by atoms with Crippen molar-refractivity contribution in [1.82, 2.24) is 20.1 Å². The Bertz CT molecular complexity index is 828. The smallest absolute Gasteiger partial charge is 0.286 e.